The number of nitrogens with zero attached hydrogens (tertiary/aromatic N) is 1. The van der Waals surface area contributed by atoms with Gasteiger partial charge in [-0.2, -0.15) is 0 Å². The monoisotopic (exact) mass is 295 g/mol. The lowest BCUT2D eigenvalue weighted by atomic mass is 9.94. The van der Waals surface area contributed by atoms with Gasteiger partial charge in [-0.3, -0.25) is 4.79 Å². The van der Waals surface area contributed by atoms with E-state index in [1.165, 1.54) is 11.3 Å². The topological polar surface area (TPSA) is 78.6 Å². The van der Waals surface area contributed by atoms with E-state index in [1.54, 1.807) is 0 Å². The average molecular weight is 295 g/mol. The zero-order valence-corrected chi connectivity index (χ0v) is 12.5. The van der Waals surface area contributed by atoms with E-state index in [9.17, 15) is 9.90 Å². The van der Waals surface area contributed by atoms with Crippen molar-refractivity contribution < 1.29 is 9.90 Å². The Hall–Kier alpha value is -1.27. The number of nitrogens with one attached hydrogen (secondary N) is 1. The van der Waals surface area contributed by atoms with Gasteiger partial charge in [-0.15, -0.1) is 11.3 Å². The summed E-state index contributed by atoms with van der Waals surface area (Å²) in [5.74, 6) is -0.0507. The first-order chi connectivity index (χ1) is 9.44. The van der Waals surface area contributed by atoms with Crippen molar-refractivity contribution in [1.29, 1.82) is 0 Å². The van der Waals surface area contributed by atoms with E-state index in [4.69, 9.17) is 5.73 Å². The predicted molar refractivity (Wildman–Crippen MR) is 81.3 cm³/mol. The summed E-state index contributed by atoms with van der Waals surface area (Å²) in [6, 6.07) is 2.23. The van der Waals surface area contributed by atoms with Crippen molar-refractivity contribution in [1.82, 2.24) is 5.32 Å². The first-order valence-corrected chi connectivity index (χ1v) is 7.94. The largest absolute Gasteiger partial charge is 0.397 e. The summed E-state index contributed by atoms with van der Waals surface area (Å²) in [4.78, 5) is 14.9. The molecule has 2 heterocycles. The van der Waals surface area contributed by atoms with Gasteiger partial charge in [0.25, 0.3) is 5.91 Å². The first kappa shape index (κ1) is 13.7. The van der Waals surface area contributed by atoms with Gasteiger partial charge < -0.3 is 21.1 Å². The molecule has 1 aromatic rings. The van der Waals surface area contributed by atoms with Gasteiger partial charge in [-0.25, -0.2) is 0 Å². The molecule has 0 atom stereocenters. The average Bonchev–Trinajstić information content (AvgIpc) is 3.10. The third kappa shape index (κ3) is 2.91. The smallest absolute Gasteiger partial charge is 0.263 e. The van der Waals surface area contributed by atoms with E-state index in [1.807, 2.05) is 13.0 Å². The Morgan fingerprint density at radius 3 is 2.75 bits per heavy atom. The van der Waals surface area contributed by atoms with Crippen LogP contribution in [0.15, 0.2) is 6.07 Å². The quantitative estimate of drug-likeness (QED) is 0.791. The minimum absolute atomic E-state index is 0.0507. The van der Waals surface area contributed by atoms with Crippen LogP contribution in [0.2, 0.25) is 0 Å². The number of rotatable bonds is 3. The molecule has 0 bridgehead atoms. The van der Waals surface area contributed by atoms with E-state index in [0.717, 1.165) is 43.8 Å². The molecule has 1 aliphatic heterocycles. The summed E-state index contributed by atoms with van der Waals surface area (Å²) in [7, 11) is 0. The molecule has 0 spiro atoms. The highest BCUT2D eigenvalue weighted by molar-refractivity contribution is 7.18. The molecule has 5 nitrogen and oxygen atoms in total. The van der Waals surface area contributed by atoms with Crippen LogP contribution in [0.4, 0.5) is 10.7 Å². The maximum Gasteiger partial charge on any atom is 0.263 e. The van der Waals surface area contributed by atoms with Crippen molar-refractivity contribution >= 4 is 27.9 Å². The molecule has 1 amide bonds. The Labute approximate surface area is 122 Å². The van der Waals surface area contributed by atoms with Crippen molar-refractivity contribution in [2.45, 2.75) is 44.2 Å². The van der Waals surface area contributed by atoms with Crippen molar-refractivity contribution in [3.05, 3.63) is 10.9 Å². The number of nitrogen functional groups attached to an aromatic ring is 1. The normalized spacial score (nSPS) is 21.8. The van der Waals surface area contributed by atoms with E-state index < -0.39 is 5.60 Å². The molecular weight excluding hydrogens is 274 g/mol. The molecule has 1 aromatic heterocycles. The van der Waals surface area contributed by atoms with Gasteiger partial charge in [0.2, 0.25) is 0 Å². The molecule has 0 unspecified atom stereocenters. The maximum absolute atomic E-state index is 12.1. The van der Waals surface area contributed by atoms with Crippen molar-refractivity contribution in [3.63, 3.8) is 0 Å². The molecular formula is C14H21N3O2S. The van der Waals surface area contributed by atoms with Crippen molar-refractivity contribution in [3.8, 4) is 0 Å². The number of aliphatic hydroxyl groups is 1. The molecule has 1 saturated heterocycles. The molecule has 110 valence electrons. The fourth-order valence-corrected chi connectivity index (χ4v) is 3.45. The second-order valence-electron chi connectivity index (χ2n) is 6.10. The lowest BCUT2D eigenvalue weighted by molar-refractivity contribution is 0.0352. The number of anilines is 2. The molecule has 2 fully saturated rings. The lowest BCUT2D eigenvalue weighted by Gasteiger charge is -2.36. The van der Waals surface area contributed by atoms with Crippen LogP contribution in [0.5, 0.6) is 0 Å². The number of thiophene rings is 1. The second-order valence-corrected chi connectivity index (χ2v) is 7.13. The van der Waals surface area contributed by atoms with Gasteiger partial charge in [0.15, 0.2) is 0 Å². The zero-order chi connectivity index (χ0) is 14.3. The molecule has 0 aromatic carbocycles. The van der Waals surface area contributed by atoms with Gasteiger partial charge >= 0.3 is 0 Å². The molecule has 6 heteroatoms. The van der Waals surface area contributed by atoms with Crippen LogP contribution in [-0.2, 0) is 0 Å². The highest BCUT2D eigenvalue weighted by Gasteiger charge is 2.30. The molecule has 4 N–H and O–H groups in total. The first-order valence-electron chi connectivity index (χ1n) is 7.12. The van der Waals surface area contributed by atoms with Crippen molar-refractivity contribution in [2.24, 2.45) is 0 Å². The Bertz CT molecular complexity index is 512. The standard InChI is InChI=1S/C14H21N3O2S/c1-14(19)4-6-17(7-5-14)11-8-10(15)12(20-11)13(18)16-9-2-3-9/h8-9,19H,2-7,15H2,1H3,(H,16,18). The van der Waals surface area contributed by atoms with Gasteiger partial charge in [0.05, 0.1) is 16.3 Å². The summed E-state index contributed by atoms with van der Waals surface area (Å²) in [6.45, 7) is 3.48. The van der Waals surface area contributed by atoms with Crippen LogP contribution >= 0.6 is 11.3 Å². The summed E-state index contributed by atoms with van der Waals surface area (Å²) in [5.41, 5.74) is 5.96. The molecule has 1 saturated carbocycles. The third-order valence-electron chi connectivity index (χ3n) is 4.02. The zero-order valence-electron chi connectivity index (χ0n) is 11.7. The summed E-state index contributed by atoms with van der Waals surface area (Å²) < 4.78 is 0. The Kier molecular flexibility index (Phi) is 3.38. The van der Waals surface area contributed by atoms with Crippen molar-refractivity contribution in [2.75, 3.05) is 23.7 Å². The molecule has 2 aliphatic rings. The molecule has 0 radical (unpaired) electrons. The van der Waals surface area contributed by atoms with Crippen LogP contribution in [0.25, 0.3) is 0 Å². The Balaban J connectivity index is 1.70. The van der Waals surface area contributed by atoms with Gasteiger partial charge in [-0.05, 0) is 38.7 Å². The minimum Gasteiger partial charge on any atom is -0.397 e. The van der Waals surface area contributed by atoms with Crippen LogP contribution in [0.1, 0.15) is 42.3 Å². The van der Waals surface area contributed by atoms with E-state index >= 15 is 0 Å². The number of hydrogen-bond donors (Lipinski definition) is 3. The van der Waals surface area contributed by atoms with Gasteiger partial charge in [0.1, 0.15) is 4.88 Å². The lowest BCUT2D eigenvalue weighted by Crippen LogP contribution is -2.42. The number of nitrogens with two attached hydrogens (primary N) is 1. The van der Waals surface area contributed by atoms with E-state index in [-0.39, 0.29) is 5.91 Å². The highest BCUT2D eigenvalue weighted by Crippen LogP contribution is 2.35. The fraction of sp³-hybridized carbons (Fsp3) is 0.643. The molecule has 20 heavy (non-hydrogen) atoms. The van der Waals surface area contributed by atoms with E-state index in [2.05, 4.69) is 10.2 Å². The second kappa shape index (κ2) is 4.93. The summed E-state index contributed by atoms with van der Waals surface area (Å²) in [6.07, 6.45) is 3.64. The van der Waals surface area contributed by atoms with Crippen LogP contribution in [-0.4, -0.2) is 35.7 Å². The number of carbonyl (C=O) groups excluding carboxylic acids is 1. The molecule has 1 aliphatic carbocycles. The number of carbonyl (C=O) groups is 1. The maximum atomic E-state index is 12.1. The van der Waals surface area contributed by atoms with E-state index in [0.29, 0.717) is 16.6 Å². The Morgan fingerprint density at radius 2 is 2.15 bits per heavy atom. The van der Waals surface area contributed by atoms with Crippen LogP contribution in [0, 0.1) is 0 Å². The van der Waals surface area contributed by atoms with Crippen LogP contribution in [0.3, 0.4) is 0 Å². The Morgan fingerprint density at radius 1 is 1.50 bits per heavy atom. The predicted octanol–water partition coefficient (Wildman–Crippen LogP) is 1.57. The summed E-state index contributed by atoms with van der Waals surface area (Å²) >= 11 is 1.45. The minimum atomic E-state index is -0.564. The fourth-order valence-electron chi connectivity index (χ4n) is 2.41. The summed E-state index contributed by atoms with van der Waals surface area (Å²) in [5, 5.41) is 14.0. The van der Waals surface area contributed by atoms with Crippen LogP contribution < -0.4 is 16.0 Å². The third-order valence-corrected chi connectivity index (χ3v) is 5.23. The SMILES string of the molecule is CC1(O)CCN(c2cc(N)c(C(=O)NC3CC3)s2)CC1. The number of amides is 1. The van der Waals surface area contributed by atoms with Gasteiger partial charge in [0, 0.05) is 19.1 Å². The number of piperidine rings is 1. The highest BCUT2D eigenvalue weighted by atomic mass is 32.1. The molecule has 3 rings (SSSR count). The number of hydrogen-bond acceptors (Lipinski definition) is 5. The van der Waals surface area contributed by atoms with Gasteiger partial charge in [-0.1, -0.05) is 0 Å².